The van der Waals surface area contributed by atoms with Gasteiger partial charge in [0.1, 0.15) is 6.10 Å². The molecule has 30 heavy (non-hydrogen) atoms. The molecule has 2 fully saturated rings. The Labute approximate surface area is 181 Å². The Morgan fingerprint density at radius 1 is 1.27 bits per heavy atom. The van der Waals surface area contributed by atoms with Crippen molar-refractivity contribution in [3.8, 4) is 0 Å². The molecule has 8 nitrogen and oxygen atoms in total. The number of aliphatic hydroxyl groups excluding tert-OH is 2. The van der Waals surface area contributed by atoms with Gasteiger partial charge in [-0.2, -0.15) is 0 Å². The number of carbonyl (C=O) groups excluding carboxylic acids is 1. The van der Waals surface area contributed by atoms with Gasteiger partial charge in [0.05, 0.1) is 31.3 Å². The monoisotopic (exact) mass is 434 g/mol. The maximum Gasteiger partial charge on any atom is 0.224 e. The summed E-state index contributed by atoms with van der Waals surface area (Å²) in [4.78, 5) is 19.8. The number of carbonyl (C=O) groups is 1. The lowest BCUT2D eigenvalue weighted by Crippen LogP contribution is -2.54. The fourth-order valence-corrected chi connectivity index (χ4v) is 5.54. The molecule has 4 rings (SSSR count). The molecule has 1 aromatic rings. The third kappa shape index (κ3) is 4.97. The molecular weight excluding hydrogens is 404 g/mol. The second-order valence-corrected chi connectivity index (χ2v) is 9.31. The van der Waals surface area contributed by atoms with Crippen molar-refractivity contribution in [1.82, 2.24) is 10.2 Å². The number of hydrogen-bond acceptors (Lipinski definition) is 8. The van der Waals surface area contributed by atoms with E-state index in [4.69, 9.17) is 4.74 Å². The number of benzene rings is 1. The Morgan fingerprint density at radius 3 is 2.73 bits per heavy atom. The van der Waals surface area contributed by atoms with Crippen molar-refractivity contribution >= 4 is 28.5 Å². The van der Waals surface area contributed by atoms with Gasteiger partial charge in [0.25, 0.3) is 0 Å². The van der Waals surface area contributed by atoms with Crippen LogP contribution in [0.1, 0.15) is 12.0 Å². The number of aliphatic hydroxyl groups is 2. The van der Waals surface area contributed by atoms with E-state index in [1.807, 2.05) is 31.2 Å². The number of thioether (sulfide) groups is 1. The number of ether oxygens (including phenoxy) is 1. The van der Waals surface area contributed by atoms with Gasteiger partial charge in [-0.3, -0.25) is 14.7 Å². The molecule has 0 bridgehead atoms. The summed E-state index contributed by atoms with van der Waals surface area (Å²) in [6, 6.07) is 7.47. The van der Waals surface area contributed by atoms with Crippen molar-refractivity contribution in [2.24, 2.45) is 10.9 Å². The van der Waals surface area contributed by atoms with E-state index >= 15 is 0 Å². The maximum absolute atomic E-state index is 12.9. The SMILES string of the molecule is Cc1ccc(NC2=N[C@@H]3[C@@H](O)[C@H](O)C[C@H](C(=O)NCCN4CCOCC4)[C@H]3S2)cc1. The summed E-state index contributed by atoms with van der Waals surface area (Å²) in [5, 5.41) is 27.6. The number of fused-ring (bicyclic) bond motifs is 1. The summed E-state index contributed by atoms with van der Waals surface area (Å²) in [6.07, 6.45) is -1.67. The van der Waals surface area contributed by atoms with Gasteiger partial charge in [-0.15, -0.1) is 0 Å². The molecule has 2 aliphatic heterocycles. The number of hydrogen-bond donors (Lipinski definition) is 4. The summed E-state index contributed by atoms with van der Waals surface area (Å²) in [5.41, 5.74) is 2.08. The van der Waals surface area contributed by atoms with Crippen LogP contribution in [0.3, 0.4) is 0 Å². The van der Waals surface area contributed by atoms with Crippen LogP contribution in [0.25, 0.3) is 0 Å². The predicted molar refractivity (Wildman–Crippen MR) is 118 cm³/mol. The standard InChI is InChI=1S/C21H30N4O4S/c1-13-2-4-14(5-3-13)23-21-24-17-18(27)16(26)12-15(19(17)30-21)20(28)22-6-7-25-8-10-29-11-9-25/h2-5,15-19,26-27H,6-12H2,1H3,(H,22,28)(H,23,24)/t15-,16+,17+,18-,19+/m0/s1. The van der Waals surface area contributed by atoms with Gasteiger partial charge >= 0.3 is 0 Å². The highest BCUT2D eigenvalue weighted by molar-refractivity contribution is 8.15. The molecule has 0 spiro atoms. The minimum atomic E-state index is -0.961. The van der Waals surface area contributed by atoms with Gasteiger partial charge in [-0.1, -0.05) is 29.5 Å². The van der Waals surface area contributed by atoms with E-state index < -0.39 is 24.2 Å². The highest BCUT2D eigenvalue weighted by Crippen LogP contribution is 2.41. The molecule has 3 aliphatic rings. The predicted octanol–water partition coefficient (Wildman–Crippen LogP) is 0.437. The smallest absolute Gasteiger partial charge is 0.224 e. The van der Waals surface area contributed by atoms with Gasteiger partial charge in [0.15, 0.2) is 5.17 Å². The highest BCUT2D eigenvalue weighted by atomic mass is 32.2. The third-order valence-corrected chi connectivity index (χ3v) is 7.27. The van der Waals surface area contributed by atoms with Gasteiger partial charge in [0.2, 0.25) is 5.91 Å². The van der Waals surface area contributed by atoms with E-state index in [0.29, 0.717) is 11.7 Å². The first kappa shape index (κ1) is 21.6. The van der Waals surface area contributed by atoms with Crippen LogP contribution in [0.4, 0.5) is 5.69 Å². The van der Waals surface area contributed by atoms with Crippen LogP contribution in [-0.2, 0) is 9.53 Å². The van der Waals surface area contributed by atoms with Crippen molar-refractivity contribution in [3.63, 3.8) is 0 Å². The molecule has 5 atom stereocenters. The van der Waals surface area contributed by atoms with E-state index in [9.17, 15) is 15.0 Å². The number of amides is 1. The van der Waals surface area contributed by atoms with Gasteiger partial charge in [-0.25, -0.2) is 0 Å². The number of morpholine rings is 1. The van der Waals surface area contributed by atoms with Crippen LogP contribution in [0.2, 0.25) is 0 Å². The summed E-state index contributed by atoms with van der Waals surface area (Å²) in [7, 11) is 0. The average molecular weight is 435 g/mol. The topological polar surface area (TPSA) is 106 Å². The molecule has 0 aromatic heterocycles. The van der Waals surface area contributed by atoms with E-state index in [-0.39, 0.29) is 17.6 Å². The minimum Gasteiger partial charge on any atom is -0.390 e. The number of amidine groups is 1. The molecule has 9 heteroatoms. The van der Waals surface area contributed by atoms with Crippen molar-refractivity contribution in [1.29, 1.82) is 0 Å². The average Bonchev–Trinajstić information content (AvgIpc) is 3.17. The van der Waals surface area contributed by atoms with E-state index in [1.54, 1.807) is 0 Å². The van der Waals surface area contributed by atoms with E-state index in [2.05, 4.69) is 20.5 Å². The first-order chi connectivity index (χ1) is 14.5. The van der Waals surface area contributed by atoms with Gasteiger partial charge in [0, 0.05) is 37.1 Å². The maximum atomic E-state index is 12.9. The Morgan fingerprint density at radius 2 is 2.00 bits per heavy atom. The van der Waals surface area contributed by atoms with E-state index in [0.717, 1.165) is 38.5 Å². The molecule has 1 aromatic carbocycles. The Hall–Kier alpha value is -1.65. The number of anilines is 1. The number of aliphatic imine (C=N–C) groups is 1. The minimum absolute atomic E-state index is 0.0801. The highest BCUT2D eigenvalue weighted by Gasteiger charge is 2.50. The molecule has 1 saturated heterocycles. The van der Waals surface area contributed by atoms with Gasteiger partial charge in [-0.05, 0) is 25.5 Å². The summed E-state index contributed by atoms with van der Waals surface area (Å²) >= 11 is 1.48. The fourth-order valence-electron chi connectivity index (χ4n) is 4.16. The molecule has 1 aliphatic carbocycles. The second-order valence-electron chi connectivity index (χ2n) is 8.14. The van der Waals surface area contributed by atoms with Crippen molar-refractivity contribution in [2.75, 3.05) is 44.7 Å². The lowest BCUT2D eigenvalue weighted by atomic mass is 9.81. The van der Waals surface area contributed by atoms with E-state index in [1.165, 1.54) is 17.3 Å². The van der Waals surface area contributed by atoms with Crippen molar-refractivity contribution in [3.05, 3.63) is 29.8 Å². The quantitative estimate of drug-likeness (QED) is 0.533. The van der Waals surface area contributed by atoms with Gasteiger partial charge < -0.3 is 25.6 Å². The molecule has 1 amide bonds. The molecule has 4 N–H and O–H groups in total. The molecule has 1 saturated carbocycles. The largest absolute Gasteiger partial charge is 0.390 e. The number of aryl methyl sites for hydroxylation is 1. The Kier molecular flexibility index (Phi) is 6.94. The van der Waals surface area contributed by atoms with Crippen molar-refractivity contribution in [2.45, 2.75) is 36.8 Å². The van der Waals surface area contributed by atoms with Crippen LogP contribution in [-0.4, -0.2) is 89.1 Å². The Balaban J connectivity index is 1.36. The molecule has 0 radical (unpaired) electrons. The lowest BCUT2D eigenvalue weighted by Gasteiger charge is -2.37. The molecular formula is C21H30N4O4S. The zero-order chi connectivity index (χ0) is 21.1. The lowest BCUT2D eigenvalue weighted by molar-refractivity contribution is -0.129. The van der Waals surface area contributed by atoms with Crippen LogP contribution >= 0.6 is 11.8 Å². The summed E-state index contributed by atoms with van der Waals surface area (Å²) < 4.78 is 5.35. The third-order valence-electron chi connectivity index (χ3n) is 5.96. The zero-order valence-corrected chi connectivity index (χ0v) is 18.0. The van der Waals surface area contributed by atoms with Crippen LogP contribution in [0.5, 0.6) is 0 Å². The number of nitrogens with zero attached hydrogens (tertiary/aromatic N) is 2. The summed E-state index contributed by atoms with van der Waals surface area (Å²) in [6.45, 7) is 6.60. The summed E-state index contributed by atoms with van der Waals surface area (Å²) in [5.74, 6) is -0.479. The first-order valence-electron chi connectivity index (χ1n) is 10.5. The van der Waals surface area contributed by atoms with Crippen LogP contribution < -0.4 is 10.6 Å². The normalized spacial score (nSPS) is 31.7. The van der Waals surface area contributed by atoms with Crippen LogP contribution in [0, 0.1) is 12.8 Å². The molecule has 164 valence electrons. The molecule has 2 heterocycles. The van der Waals surface area contributed by atoms with Crippen LogP contribution in [0.15, 0.2) is 29.3 Å². The zero-order valence-electron chi connectivity index (χ0n) is 17.2. The first-order valence-corrected chi connectivity index (χ1v) is 11.4. The fraction of sp³-hybridized carbons (Fsp3) is 0.619. The second kappa shape index (κ2) is 9.65. The van der Waals surface area contributed by atoms with Crippen molar-refractivity contribution < 1.29 is 19.7 Å². The number of rotatable bonds is 5. The number of nitrogens with one attached hydrogen (secondary N) is 2. The molecule has 0 unspecified atom stereocenters. The Bertz CT molecular complexity index is 769.